The lowest BCUT2D eigenvalue weighted by atomic mass is 10.3. The molecule has 1 N–H and O–H groups in total. The molecule has 2 heterocycles. The molecule has 18 heavy (non-hydrogen) atoms. The molecule has 2 rings (SSSR count). The maximum absolute atomic E-state index is 4.47. The lowest BCUT2D eigenvalue weighted by Crippen LogP contribution is -2.17. The normalized spacial score (nSPS) is 11.1. The standard InChI is InChI=1S/C13H21N5/c1-4-14-9-13-15-6-7-17(13)10-12-8-11(3)16-18(12)5-2/h6-8,14H,4-5,9-10H2,1-3H3. The first-order valence-electron chi connectivity index (χ1n) is 6.48. The predicted octanol–water partition coefficient (Wildman–Crippen LogP) is 1.57. The highest BCUT2D eigenvalue weighted by molar-refractivity contribution is 5.10. The number of hydrogen-bond donors (Lipinski definition) is 1. The van der Waals surface area contributed by atoms with Gasteiger partial charge in [-0.1, -0.05) is 6.92 Å². The second-order valence-electron chi connectivity index (χ2n) is 4.34. The van der Waals surface area contributed by atoms with Gasteiger partial charge in [0.15, 0.2) is 0 Å². The highest BCUT2D eigenvalue weighted by Crippen LogP contribution is 2.08. The molecule has 0 spiro atoms. The minimum absolute atomic E-state index is 0.808. The van der Waals surface area contributed by atoms with Crippen molar-refractivity contribution in [3.8, 4) is 0 Å². The summed E-state index contributed by atoms with van der Waals surface area (Å²) in [5.74, 6) is 1.07. The maximum Gasteiger partial charge on any atom is 0.123 e. The molecule has 0 amide bonds. The van der Waals surface area contributed by atoms with E-state index >= 15 is 0 Å². The van der Waals surface area contributed by atoms with Crippen molar-refractivity contribution in [2.75, 3.05) is 6.54 Å². The SMILES string of the molecule is CCNCc1nccn1Cc1cc(C)nn1CC. The third kappa shape index (κ3) is 2.79. The van der Waals surface area contributed by atoms with E-state index in [1.54, 1.807) is 0 Å². The molecule has 5 nitrogen and oxygen atoms in total. The van der Waals surface area contributed by atoms with E-state index < -0.39 is 0 Å². The van der Waals surface area contributed by atoms with E-state index in [1.165, 1.54) is 5.69 Å². The average Bonchev–Trinajstić information content (AvgIpc) is 2.94. The summed E-state index contributed by atoms with van der Waals surface area (Å²) >= 11 is 0. The third-order valence-electron chi connectivity index (χ3n) is 2.95. The Balaban J connectivity index is 2.15. The van der Waals surface area contributed by atoms with Crippen LogP contribution in [0.2, 0.25) is 0 Å². The van der Waals surface area contributed by atoms with Gasteiger partial charge in [0.2, 0.25) is 0 Å². The number of aryl methyl sites for hydroxylation is 2. The fourth-order valence-corrected chi connectivity index (χ4v) is 2.06. The second kappa shape index (κ2) is 5.82. The van der Waals surface area contributed by atoms with E-state index in [4.69, 9.17) is 0 Å². The molecule has 0 saturated heterocycles. The zero-order valence-electron chi connectivity index (χ0n) is 11.3. The topological polar surface area (TPSA) is 47.7 Å². The van der Waals surface area contributed by atoms with Gasteiger partial charge in [-0.2, -0.15) is 5.10 Å². The molecule has 5 heteroatoms. The Morgan fingerprint density at radius 3 is 2.89 bits per heavy atom. The number of nitrogens with one attached hydrogen (secondary N) is 1. The first-order valence-corrected chi connectivity index (χ1v) is 6.48. The van der Waals surface area contributed by atoms with Gasteiger partial charge in [0.05, 0.1) is 24.5 Å². The van der Waals surface area contributed by atoms with E-state index in [2.05, 4.69) is 39.9 Å². The van der Waals surface area contributed by atoms with Crippen molar-refractivity contribution in [3.05, 3.63) is 35.7 Å². The molecule has 0 aromatic carbocycles. The van der Waals surface area contributed by atoms with Gasteiger partial charge in [-0.15, -0.1) is 0 Å². The molecule has 0 fully saturated rings. The molecule has 98 valence electrons. The molecule has 0 bridgehead atoms. The van der Waals surface area contributed by atoms with Crippen LogP contribution < -0.4 is 5.32 Å². The largest absolute Gasteiger partial charge is 0.328 e. The number of nitrogens with zero attached hydrogens (tertiary/aromatic N) is 4. The summed E-state index contributed by atoms with van der Waals surface area (Å²) in [6.07, 6.45) is 3.88. The highest BCUT2D eigenvalue weighted by Gasteiger charge is 2.07. The minimum Gasteiger partial charge on any atom is -0.328 e. The predicted molar refractivity (Wildman–Crippen MR) is 71.3 cm³/mol. The van der Waals surface area contributed by atoms with Crippen molar-refractivity contribution in [2.45, 2.75) is 40.4 Å². The van der Waals surface area contributed by atoms with Crippen molar-refractivity contribution in [3.63, 3.8) is 0 Å². The van der Waals surface area contributed by atoms with Gasteiger partial charge in [-0.25, -0.2) is 4.98 Å². The van der Waals surface area contributed by atoms with Crippen molar-refractivity contribution in [1.29, 1.82) is 0 Å². The van der Waals surface area contributed by atoms with Gasteiger partial charge >= 0.3 is 0 Å². The van der Waals surface area contributed by atoms with Gasteiger partial charge in [-0.3, -0.25) is 4.68 Å². The molecule has 0 atom stereocenters. The molecule has 0 unspecified atom stereocenters. The maximum atomic E-state index is 4.47. The molecular formula is C13H21N5. The van der Waals surface area contributed by atoms with Gasteiger partial charge in [0.25, 0.3) is 0 Å². The molecule has 0 aliphatic heterocycles. The van der Waals surface area contributed by atoms with Crippen LogP contribution in [0.1, 0.15) is 31.1 Å². The van der Waals surface area contributed by atoms with E-state index in [-0.39, 0.29) is 0 Å². The van der Waals surface area contributed by atoms with Crippen LogP contribution in [0.4, 0.5) is 0 Å². The van der Waals surface area contributed by atoms with Crippen LogP contribution in [0.5, 0.6) is 0 Å². The summed E-state index contributed by atoms with van der Waals surface area (Å²) in [5, 5.41) is 7.77. The molecule has 0 saturated carbocycles. The van der Waals surface area contributed by atoms with Gasteiger partial charge in [0.1, 0.15) is 5.82 Å². The molecule has 0 aliphatic rings. The molecule has 0 aliphatic carbocycles. The average molecular weight is 247 g/mol. The molecule has 2 aromatic rings. The summed E-state index contributed by atoms with van der Waals surface area (Å²) < 4.78 is 4.22. The van der Waals surface area contributed by atoms with Crippen LogP contribution in [0.25, 0.3) is 0 Å². The molecule has 2 aromatic heterocycles. The van der Waals surface area contributed by atoms with E-state index in [9.17, 15) is 0 Å². The lowest BCUT2D eigenvalue weighted by Gasteiger charge is -2.09. The zero-order valence-corrected chi connectivity index (χ0v) is 11.3. The fraction of sp³-hybridized carbons (Fsp3) is 0.538. The Bertz CT molecular complexity index is 497. The Morgan fingerprint density at radius 2 is 2.17 bits per heavy atom. The lowest BCUT2D eigenvalue weighted by molar-refractivity contribution is 0.577. The second-order valence-corrected chi connectivity index (χ2v) is 4.34. The van der Waals surface area contributed by atoms with Crippen molar-refractivity contribution in [1.82, 2.24) is 24.6 Å². The minimum atomic E-state index is 0.808. The van der Waals surface area contributed by atoms with E-state index in [0.29, 0.717) is 0 Å². The first kappa shape index (κ1) is 12.8. The Hall–Kier alpha value is -1.62. The fourth-order valence-electron chi connectivity index (χ4n) is 2.06. The third-order valence-corrected chi connectivity index (χ3v) is 2.95. The van der Waals surface area contributed by atoms with Crippen LogP contribution >= 0.6 is 0 Å². The van der Waals surface area contributed by atoms with Crippen molar-refractivity contribution >= 4 is 0 Å². The quantitative estimate of drug-likeness (QED) is 0.843. The summed E-state index contributed by atoms with van der Waals surface area (Å²) in [4.78, 5) is 4.38. The van der Waals surface area contributed by atoms with Crippen LogP contribution in [-0.4, -0.2) is 25.9 Å². The summed E-state index contributed by atoms with van der Waals surface area (Å²) in [5.41, 5.74) is 2.30. The molecule has 0 radical (unpaired) electrons. The van der Waals surface area contributed by atoms with Crippen molar-refractivity contribution in [2.24, 2.45) is 0 Å². The Morgan fingerprint density at radius 1 is 1.33 bits per heavy atom. The summed E-state index contributed by atoms with van der Waals surface area (Å²) in [6.45, 7) is 9.74. The Kier molecular flexibility index (Phi) is 4.15. The molecular weight excluding hydrogens is 226 g/mol. The highest BCUT2D eigenvalue weighted by atomic mass is 15.3. The smallest absolute Gasteiger partial charge is 0.123 e. The first-order chi connectivity index (χ1) is 8.74. The number of hydrogen-bond acceptors (Lipinski definition) is 3. The van der Waals surface area contributed by atoms with Crippen LogP contribution in [0.15, 0.2) is 18.5 Å². The Labute approximate surface area is 108 Å². The van der Waals surface area contributed by atoms with E-state index in [1.807, 2.05) is 24.0 Å². The van der Waals surface area contributed by atoms with Crippen LogP contribution in [0.3, 0.4) is 0 Å². The van der Waals surface area contributed by atoms with Crippen LogP contribution in [-0.2, 0) is 19.6 Å². The van der Waals surface area contributed by atoms with Gasteiger partial charge < -0.3 is 9.88 Å². The summed E-state index contributed by atoms with van der Waals surface area (Å²) in [7, 11) is 0. The van der Waals surface area contributed by atoms with E-state index in [0.717, 1.165) is 37.7 Å². The summed E-state index contributed by atoms with van der Waals surface area (Å²) in [6, 6.07) is 2.14. The number of rotatable bonds is 6. The van der Waals surface area contributed by atoms with Crippen molar-refractivity contribution < 1.29 is 0 Å². The van der Waals surface area contributed by atoms with Gasteiger partial charge in [-0.05, 0) is 26.5 Å². The number of aromatic nitrogens is 4. The van der Waals surface area contributed by atoms with Gasteiger partial charge in [0, 0.05) is 18.9 Å². The zero-order chi connectivity index (χ0) is 13.0. The van der Waals surface area contributed by atoms with Crippen LogP contribution in [0, 0.1) is 6.92 Å². The number of imidazole rings is 1. The monoisotopic (exact) mass is 247 g/mol.